The minimum atomic E-state index is -0.104. The van der Waals surface area contributed by atoms with Crippen molar-refractivity contribution < 1.29 is 5.11 Å². The fourth-order valence-electron chi connectivity index (χ4n) is 1.03. The lowest BCUT2D eigenvalue weighted by molar-refractivity contribution is 0.277. The Morgan fingerprint density at radius 1 is 1.62 bits per heavy atom. The number of halogens is 2. The van der Waals surface area contributed by atoms with Gasteiger partial charge in [-0.25, -0.2) is 9.50 Å². The van der Waals surface area contributed by atoms with E-state index in [0.29, 0.717) is 16.5 Å². The van der Waals surface area contributed by atoms with E-state index in [1.165, 1.54) is 4.52 Å². The number of hydrogen-bond donors (Lipinski definition) is 1. The van der Waals surface area contributed by atoms with Gasteiger partial charge in [-0.3, -0.25) is 0 Å². The van der Waals surface area contributed by atoms with Crippen molar-refractivity contribution >= 4 is 33.2 Å². The van der Waals surface area contributed by atoms with Gasteiger partial charge in [0.2, 0.25) is 0 Å². The third-order valence-electron chi connectivity index (χ3n) is 1.56. The second-order valence-corrected chi connectivity index (χ2v) is 3.72. The third kappa shape index (κ3) is 1.54. The van der Waals surface area contributed by atoms with Gasteiger partial charge in [-0.05, 0) is 22.0 Å². The molecule has 68 valence electrons. The topological polar surface area (TPSA) is 50.4 Å². The molecule has 0 bridgehead atoms. The van der Waals surface area contributed by atoms with E-state index in [1.807, 2.05) is 0 Å². The summed E-state index contributed by atoms with van der Waals surface area (Å²) in [6, 6.07) is 1.66. The van der Waals surface area contributed by atoms with Gasteiger partial charge in [0.05, 0.1) is 23.0 Å². The Kier molecular flexibility index (Phi) is 2.23. The van der Waals surface area contributed by atoms with Gasteiger partial charge in [-0.1, -0.05) is 11.6 Å². The van der Waals surface area contributed by atoms with Crippen molar-refractivity contribution in [2.45, 2.75) is 6.61 Å². The van der Waals surface area contributed by atoms with E-state index in [0.717, 1.165) is 4.47 Å². The standard InChI is InChI=1S/C7H5BrClN3O/c8-5-1-6(9)11-12-2-4(3-13)10-7(5)12/h1-2,13H,3H2. The molecule has 0 unspecified atom stereocenters. The highest BCUT2D eigenvalue weighted by atomic mass is 79.9. The Morgan fingerprint density at radius 3 is 3.08 bits per heavy atom. The molecule has 0 fully saturated rings. The lowest BCUT2D eigenvalue weighted by atomic mass is 10.5. The van der Waals surface area contributed by atoms with E-state index in [-0.39, 0.29) is 6.61 Å². The van der Waals surface area contributed by atoms with Gasteiger partial charge in [-0.15, -0.1) is 0 Å². The molecular formula is C7H5BrClN3O. The minimum absolute atomic E-state index is 0.104. The average Bonchev–Trinajstić information content (AvgIpc) is 2.47. The molecule has 0 aliphatic carbocycles. The molecule has 0 saturated heterocycles. The van der Waals surface area contributed by atoms with Crippen LogP contribution in [0.2, 0.25) is 5.15 Å². The molecule has 0 radical (unpaired) electrons. The molecule has 2 aromatic heterocycles. The molecular weight excluding hydrogens is 257 g/mol. The van der Waals surface area contributed by atoms with E-state index in [2.05, 4.69) is 26.0 Å². The lowest BCUT2D eigenvalue weighted by Crippen LogP contribution is -1.90. The predicted octanol–water partition coefficient (Wildman–Crippen LogP) is 1.64. The van der Waals surface area contributed by atoms with Gasteiger partial charge >= 0.3 is 0 Å². The normalized spacial score (nSPS) is 11.0. The number of aromatic nitrogens is 3. The first-order chi connectivity index (χ1) is 6.20. The van der Waals surface area contributed by atoms with Crippen molar-refractivity contribution in [3.63, 3.8) is 0 Å². The van der Waals surface area contributed by atoms with Crippen molar-refractivity contribution in [2.24, 2.45) is 0 Å². The zero-order valence-electron chi connectivity index (χ0n) is 6.41. The van der Waals surface area contributed by atoms with Gasteiger partial charge < -0.3 is 5.11 Å². The number of aliphatic hydroxyl groups excluding tert-OH is 1. The highest BCUT2D eigenvalue weighted by Crippen LogP contribution is 2.19. The Hall–Kier alpha value is -0.650. The first kappa shape index (κ1) is 8.93. The number of nitrogens with zero attached hydrogens (tertiary/aromatic N) is 3. The first-order valence-electron chi connectivity index (χ1n) is 3.52. The Labute approximate surface area is 87.3 Å². The monoisotopic (exact) mass is 261 g/mol. The van der Waals surface area contributed by atoms with Crippen molar-refractivity contribution in [1.29, 1.82) is 0 Å². The maximum Gasteiger partial charge on any atom is 0.168 e. The molecule has 0 amide bonds. The summed E-state index contributed by atoms with van der Waals surface area (Å²) in [6.45, 7) is -0.104. The van der Waals surface area contributed by atoms with Crippen LogP contribution in [-0.4, -0.2) is 19.7 Å². The van der Waals surface area contributed by atoms with Crippen LogP contribution in [0.4, 0.5) is 0 Å². The second-order valence-electron chi connectivity index (χ2n) is 2.47. The number of rotatable bonds is 1. The van der Waals surface area contributed by atoms with Crippen LogP contribution in [0.5, 0.6) is 0 Å². The molecule has 13 heavy (non-hydrogen) atoms. The summed E-state index contributed by atoms with van der Waals surface area (Å²) in [5, 5.41) is 13.2. The van der Waals surface area contributed by atoms with Crippen LogP contribution < -0.4 is 0 Å². The van der Waals surface area contributed by atoms with Crippen LogP contribution in [0.1, 0.15) is 5.69 Å². The zero-order valence-corrected chi connectivity index (χ0v) is 8.75. The molecule has 0 aliphatic heterocycles. The first-order valence-corrected chi connectivity index (χ1v) is 4.69. The number of aliphatic hydroxyl groups is 1. The predicted molar refractivity (Wildman–Crippen MR) is 51.6 cm³/mol. The fourth-order valence-corrected chi connectivity index (χ4v) is 1.84. The summed E-state index contributed by atoms with van der Waals surface area (Å²) in [6.07, 6.45) is 1.63. The van der Waals surface area contributed by atoms with E-state index >= 15 is 0 Å². The summed E-state index contributed by atoms with van der Waals surface area (Å²) >= 11 is 9.02. The molecule has 2 heterocycles. The summed E-state index contributed by atoms with van der Waals surface area (Å²) in [5.74, 6) is 0. The average molecular weight is 262 g/mol. The van der Waals surface area contributed by atoms with E-state index in [4.69, 9.17) is 16.7 Å². The quantitative estimate of drug-likeness (QED) is 0.850. The molecule has 2 aromatic rings. The van der Waals surface area contributed by atoms with Crippen LogP contribution in [-0.2, 0) is 6.61 Å². The van der Waals surface area contributed by atoms with Crippen LogP contribution >= 0.6 is 27.5 Å². The van der Waals surface area contributed by atoms with Gasteiger partial charge in [0, 0.05) is 0 Å². The smallest absolute Gasteiger partial charge is 0.168 e. The molecule has 1 N–H and O–H groups in total. The molecule has 0 aromatic carbocycles. The summed E-state index contributed by atoms with van der Waals surface area (Å²) < 4.78 is 2.28. The van der Waals surface area contributed by atoms with Gasteiger partial charge in [0.25, 0.3) is 0 Å². The maximum atomic E-state index is 8.85. The van der Waals surface area contributed by atoms with E-state index in [1.54, 1.807) is 12.3 Å². The summed E-state index contributed by atoms with van der Waals surface area (Å²) in [4.78, 5) is 4.12. The van der Waals surface area contributed by atoms with Gasteiger partial charge in [0.15, 0.2) is 10.8 Å². The van der Waals surface area contributed by atoms with Crippen LogP contribution in [0.15, 0.2) is 16.7 Å². The minimum Gasteiger partial charge on any atom is -0.390 e. The molecule has 6 heteroatoms. The van der Waals surface area contributed by atoms with E-state index in [9.17, 15) is 0 Å². The fraction of sp³-hybridized carbons (Fsp3) is 0.143. The third-order valence-corrected chi connectivity index (χ3v) is 2.33. The highest BCUT2D eigenvalue weighted by molar-refractivity contribution is 9.10. The molecule has 0 aliphatic rings. The van der Waals surface area contributed by atoms with Crippen molar-refractivity contribution in [3.05, 3.63) is 27.6 Å². The highest BCUT2D eigenvalue weighted by Gasteiger charge is 2.06. The lowest BCUT2D eigenvalue weighted by Gasteiger charge is -1.94. The van der Waals surface area contributed by atoms with Gasteiger partial charge in [-0.2, -0.15) is 5.10 Å². The maximum absolute atomic E-state index is 8.85. The zero-order chi connectivity index (χ0) is 9.42. The Balaban J connectivity index is 2.75. The largest absolute Gasteiger partial charge is 0.390 e. The molecule has 4 nitrogen and oxygen atoms in total. The SMILES string of the molecule is OCc1cn2nc(Cl)cc(Br)c2n1. The second kappa shape index (κ2) is 3.25. The van der Waals surface area contributed by atoms with Crippen LogP contribution in [0.25, 0.3) is 5.65 Å². The Morgan fingerprint density at radius 2 is 2.38 bits per heavy atom. The molecule has 0 atom stereocenters. The van der Waals surface area contributed by atoms with Gasteiger partial charge in [0.1, 0.15) is 0 Å². The molecule has 0 saturated carbocycles. The Bertz CT molecular complexity index is 456. The van der Waals surface area contributed by atoms with Crippen LogP contribution in [0.3, 0.4) is 0 Å². The van der Waals surface area contributed by atoms with Crippen molar-refractivity contribution in [2.75, 3.05) is 0 Å². The van der Waals surface area contributed by atoms with Crippen molar-refractivity contribution in [3.8, 4) is 0 Å². The molecule has 0 spiro atoms. The summed E-state index contributed by atoms with van der Waals surface area (Å²) in [7, 11) is 0. The number of hydrogen-bond acceptors (Lipinski definition) is 3. The van der Waals surface area contributed by atoms with E-state index < -0.39 is 0 Å². The van der Waals surface area contributed by atoms with Crippen molar-refractivity contribution in [1.82, 2.24) is 14.6 Å². The summed E-state index contributed by atoms with van der Waals surface area (Å²) in [5.41, 5.74) is 1.21. The van der Waals surface area contributed by atoms with Crippen LogP contribution in [0, 0.1) is 0 Å². The molecule has 2 rings (SSSR count). The number of fused-ring (bicyclic) bond motifs is 1. The number of imidazole rings is 1.